The average Bonchev–Trinajstić information content (AvgIpc) is 2.17. The second-order valence-corrected chi connectivity index (χ2v) is 4.59. The molecular formula is C11H23NO. The summed E-state index contributed by atoms with van der Waals surface area (Å²) in [6, 6.07) is 0.235. The average molecular weight is 185 g/mol. The lowest BCUT2D eigenvalue weighted by molar-refractivity contribution is 0.0508. The molecule has 1 aliphatic rings. The van der Waals surface area contributed by atoms with E-state index in [1.54, 1.807) is 0 Å². The Morgan fingerprint density at radius 3 is 2.23 bits per heavy atom. The number of aliphatic hydroxyl groups is 1. The van der Waals surface area contributed by atoms with Crippen molar-refractivity contribution in [1.82, 2.24) is 5.32 Å². The molecule has 0 aliphatic heterocycles. The van der Waals surface area contributed by atoms with E-state index in [0.717, 1.165) is 5.92 Å². The summed E-state index contributed by atoms with van der Waals surface area (Å²) in [6.07, 6.45) is 4.83. The van der Waals surface area contributed by atoms with Gasteiger partial charge in [-0.2, -0.15) is 0 Å². The Balaban J connectivity index is 2.35. The highest BCUT2D eigenvalue weighted by atomic mass is 16.3. The van der Waals surface area contributed by atoms with Crippen LogP contribution in [-0.2, 0) is 0 Å². The standard InChI is InChI=1S/C11H23NO/c1-8-4-6-10(7-5-8)11(13)9(2)12-3/h8-13H,4-7H2,1-3H3. The van der Waals surface area contributed by atoms with Crippen molar-refractivity contribution >= 4 is 0 Å². The van der Waals surface area contributed by atoms with Gasteiger partial charge in [0.1, 0.15) is 0 Å². The minimum Gasteiger partial charge on any atom is -0.391 e. The summed E-state index contributed by atoms with van der Waals surface area (Å²) >= 11 is 0. The maximum absolute atomic E-state index is 9.97. The first kappa shape index (κ1) is 11.0. The Morgan fingerprint density at radius 2 is 1.77 bits per heavy atom. The fourth-order valence-electron chi connectivity index (χ4n) is 2.21. The first-order valence-electron chi connectivity index (χ1n) is 5.50. The summed E-state index contributed by atoms with van der Waals surface area (Å²) < 4.78 is 0. The van der Waals surface area contributed by atoms with E-state index in [9.17, 15) is 5.11 Å². The maximum Gasteiger partial charge on any atom is 0.0718 e. The molecule has 2 nitrogen and oxygen atoms in total. The third kappa shape index (κ3) is 2.96. The highest BCUT2D eigenvalue weighted by Crippen LogP contribution is 2.31. The van der Waals surface area contributed by atoms with Crippen LogP contribution < -0.4 is 5.32 Å². The molecule has 0 radical (unpaired) electrons. The summed E-state index contributed by atoms with van der Waals surface area (Å²) in [5.41, 5.74) is 0. The van der Waals surface area contributed by atoms with E-state index in [2.05, 4.69) is 19.2 Å². The van der Waals surface area contributed by atoms with Crippen LogP contribution in [-0.4, -0.2) is 24.3 Å². The maximum atomic E-state index is 9.97. The van der Waals surface area contributed by atoms with Crippen LogP contribution in [0.2, 0.25) is 0 Å². The second kappa shape index (κ2) is 4.97. The zero-order valence-corrected chi connectivity index (χ0v) is 9.09. The van der Waals surface area contributed by atoms with Gasteiger partial charge in [0.15, 0.2) is 0 Å². The summed E-state index contributed by atoms with van der Waals surface area (Å²) in [6.45, 7) is 4.37. The van der Waals surface area contributed by atoms with Crippen LogP contribution in [0.5, 0.6) is 0 Å². The fourth-order valence-corrected chi connectivity index (χ4v) is 2.21. The molecule has 2 heteroatoms. The summed E-state index contributed by atoms with van der Waals surface area (Å²) in [5, 5.41) is 13.1. The van der Waals surface area contributed by atoms with Crippen LogP contribution in [0.15, 0.2) is 0 Å². The Hall–Kier alpha value is -0.0800. The number of hydrogen-bond donors (Lipinski definition) is 2. The van der Waals surface area contributed by atoms with Gasteiger partial charge in [0.05, 0.1) is 6.10 Å². The molecule has 0 aromatic heterocycles. The van der Waals surface area contributed by atoms with Crippen LogP contribution in [0.1, 0.15) is 39.5 Å². The quantitative estimate of drug-likeness (QED) is 0.702. The molecule has 0 amide bonds. The van der Waals surface area contributed by atoms with Gasteiger partial charge in [0, 0.05) is 6.04 Å². The molecule has 0 saturated heterocycles. The lowest BCUT2D eigenvalue weighted by Crippen LogP contribution is -2.41. The van der Waals surface area contributed by atoms with Crippen molar-refractivity contribution in [2.24, 2.45) is 11.8 Å². The van der Waals surface area contributed by atoms with E-state index < -0.39 is 0 Å². The van der Waals surface area contributed by atoms with Crippen molar-refractivity contribution in [2.45, 2.75) is 51.7 Å². The lowest BCUT2D eigenvalue weighted by Gasteiger charge is -2.32. The molecule has 1 fully saturated rings. The van der Waals surface area contributed by atoms with E-state index in [1.165, 1.54) is 25.7 Å². The predicted molar refractivity (Wildman–Crippen MR) is 55.7 cm³/mol. The molecule has 0 heterocycles. The molecule has 0 aromatic carbocycles. The minimum absolute atomic E-state index is 0.155. The third-order valence-electron chi connectivity index (χ3n) is 3.51. The largest absolute Gasteiger partial charge is 0.391 e. The van der Waals surface area contributed by atoms with Crippen LogP contribution >= 0.6 is 0 Å². The number of rotatable bonds is 3. The van der Waals surface area contributed by atoms with Crippen molar-refractivity contribution in [3.8, 4) is 0 Å². The predicted octanol–water partition coefficient (Wildman–Crippen LogP) is 1.78. The molecule has 0 spiro atoms. The Labute approximate surface area is 81.7 Å². The molecule has 1 aliphatic carbocycles. The Bertz CT molecular complexity index is 141. The normalized spacial score (nSPS) is 34.2. The second-order valence-electron chi connectivity index (χ2n) is 4.59. The van der Waals surface area contributed by atoms with Gasteiger partial charge in [0.2, 0.25) is 0 Å². The first-order chi connectivity index (χ1) is 6.15. The van der Waals surface area contributed by atoms with Crippen LogP contribution in [0.4, 0.5) is 0 Å². The van der Waals surface area contributed by atoms with Crippen molar-refractivity contribution in [3.63, 3.8) is 0 Å². The molecule has 78 valence electrons. The van der Waals surface area contributed by atoms with Gasteiger partial charge in [-0.3, -0.25) is 0 Å². The smallest absolute Gasteiger partial charge is 0.0718 e. The fraction of sp³-hybridized carbons (Fsp3) is 1.00. The molecule has 0 aromatic rings. The molecule has 2 N–H and O–H groups in total. The van der Waals surface area contributed by atoms with Gasteiger partial charge in [-0.05, 0) is 38.6 Å². The van der Waals surface area contributed by atoms with Crippen molar-refractivity contribution in [3.05, 3.63) is 0 Å². The summed E-state index contributed by atoms with van der Waals surface area (Å²) in [7, 11) is 1.92. The number of likely N-dealkylation sites (N-methyl/N-ethyl adjacent to an activating group) is 1. The zero-order chi connectivity index (χ0) is 9.84. The molecule has 0 bridgehead atoms. The third-order valence-corrected chi connectivity index (χ3v) is 3.51. The van der Waals surface area contributed by atoms with Gasteiger partial charge in [0.25, 0.3) is 0 Å². The van der Waals surface area contributed by atoms with Gasteiger partial charge in [-0.1, -0.05) is 19.8 Å². The van der Waals surface area contributed by atoms with E-state index in [1.807, 2.05) is 7.05 Å². The monoisotopic (exact) mass is 185 g/mol. The molecule has 1 saturated carbocycles. The first-order valence-corrected chi connectivity index (χ1v) is 5.50. The van der Waals surface area contributed by atoms with Gasteiger partial charge in [-0.15, -0.1) is 0 Å². The van der Waals surface area contributed by atoms with Crippen molar-refractivity contribution in [2.75, 3.05) is 7.05 Å². The van der Waals surface area contributed by atoms with Crippen molar-refractivity contribution in [1.29, 1.82) is 0 Å². The number of aliphatic hydroxyl groups excluding tert-OH is 1. The zero-order valence-electron chi connectivity index (χ0n) is 9.09. The highest BCUT2D eigenvalue weighted by Gasteiger charge is 2.27. The van der Waals surface area contributed by atoms with Gasteiger partial charge >= 0.3 is 0 Å². The Morgan fingerprint density at radius 1 is 1.23 bits per heavy atom. The van der Waals surface area contributed by atoms with Crippen LogP contribution in [0, 0.1) is 11.8 Å². The van der Waals surface area contributed by atoms with Gasteiger partial charge in [-0.25, -0.2) is 0 Å². The molecule has 2 unspecified atom stereocenters. The lowest BCUT2D eigenvalue weighted by atomic mass is 9.79. The molecule has 2 atom stereocenters. The van der Waals surface area contributed by atoms with Crippen molar-refractivity contribution < 1.29 is 5.11 Å². The molecule has 1 rings (SSSR count). The topological polar surface area (TPSA) is 32.3 Å². The molecular weight excluding hydrogens is 162 g/mol. The SMILES string of the molecule is CNC(C)C(O)C1CCC(C)CC1. The minimum atomic E-state index is -0.155. The van der Waals surface area contributed by atoms with Gasteiger partial charge < -0.3 is 10.4 Å². The number of nitrogens with one attached hydrogen (secondary N) is 1. The van der Waals surface area contributed by atoms with E-state index in [0.29, 0.717) is 5.92 Å². The van der Waals surface area contributed by atoms with E-state index >= 15 is 0 Å². The van der Waals surface area contributed by atoms with Crippen LogP contribution in [0.3, 0.4) is 0 Å². The summed E-state index contributed by atoms with van der Waals surface area (Å²) in [4.78, 5) is 0. The van der Waals surface area contributed by atoms with E-state index in [-0.39, 0.29) is 12.1 Å². The van der Waals surface area contributed by atoms with Crippen LogP contribution in [0.25, 0.3) is 0 Å². The summed E-state index contributed by atoms with van der Waals surface area (Å²) in [5.74, 6) is 1.40. The van der Waals surface area contributed by atoms with E-state index in [4.69, 9.17) is 0 Å². The molecule has 13 heavy (non-hydrogen) atoms. The Kier molecular flexibility index (Phi) is 4.20. The number of hydrogen-bond acceptors (Lipinski definition) is 2. The highest BCUT2D eigenvalue weighted by molar-refractivity contribution is 4.81.